The molecule has 1 atom stereocenters. The molecule has 5 heteroatoms. The molecule has 0 aliphatic rings. The number of nitrogens with zero attached hydrogens (tertiary/aromatic N) is 1. The molecule has 0 aliphatic heterocycles. The zero-order valence-electron chi connectivity index (χ0n) is 8.52. The minimum Gasteiger partial charge on any atom is -0.398 e. The number of hydrogen-bond donors (Lipinski definition) is 3. The van der Waals surface area contributed by atoms with Gasteiger partial charge in [-0.2, -0.15) is 0 Å². The Morgan fingerprint density at radius 3 is 2.94 bits per heavy atom. The number of imidazole rings is 1. The first-order valence-electron chi connectivity index (χ1n) is 4.87. The first-order valence-corrected chi connectivity index (χ1v) is 4.87. The maximum absolute atomic E-state index is 13.4. The fraction of sp³-hybridized carbons (Fsp3) is 0.182. The summed E-state index contributed by atoms with van der Waals surface area (Å²) in [5.74, 6) is -0.404. The van der Waals surface area contributed by atoms with Gasteiger partial charge in [-0.1, -0.05) is 6.07 Å². The van der Waals surface area contributed by atoms with E-state index in [1.165, 1.54) is 24.7 Å². The number of nitrogen functional groups attached to an aromatic ring is 1. The molecule has 1 unspecified atom stereocenters. The highest BCUT2D eigenvalue weighted by molar-refractivity contribution is 5.47. The second kappa shape index (κ2) is 4.32. The number of aromatic nitrogens is 2. The Hall–Kier alpha value is -1.88. The van der Waals surface area contributed by atoms with Crippen molar-refractivity contribution in [3.05, 3.63) is 47.8 Å². The molecule has 16 heavy (non-hydrogen) atoms. The maximum Gasteiger partial charge on any atom is 0.128 e. The quantitative estimate of drug-likeness (QED) is 0.686. The third kappa shape index (κ3) is 2.04. The summed E-state index contributed by atoms with van der Waals surface area (Å²) >= 11 is 0. The highest BCUT2D eigenvalue weighted by atomic mass is 19.1. The molecule has 0 radical (unpaired) electrons. The predicted molar refractivity (Wildman–Crippen MR) is 58.1 cm³/mol. The molecular formula is C11H12FN3O. The molecule has 2 aromatic rings. The van der Waals surface area contributed by atoms with Crippen molar-refractivity contribution >= 4 is 5.69 Å². The molecule has 0 fully saturated rings. The first kappa shape index (κ1) is 10.6. The Morgan fingerprint density at radius 2 is 2.31 bits per heavy atom. The lowest BCUT2D eigenvalue weighted by Gasteiger charge is -2.11. The van der Waals surface area contributed by atoms with Gasteiger partial charge in [-0.3, -0.25) is 0 Å². The van der Waals surface area contributed by atoms with Crippen LogP contribution in [0.3, 0.4) is 0 Å². The van der Waals surface area contributed by atoms with Crippen LogP contribution in [0.5, 0.6) is 0 Å². The number of benzene rings is 1. The normalized spacial score (nSPS) is 12.6. The van der Waals surface area contributed by atoms with Gasteiger partial charge in [0.05, 0.1) is 24.3 Å². The first-order chi connectivity index (χ1) is 7.68. The van der Waals surface area contributed by atoms with Crippen molar-refractivity contribution in [2.45, 2.75) is 12.5 Å². The topological polar surface area (TPSA) is 74.9 Å². The SMILES string of the molecule is Nc1cccc(F)c1CC(O)c1cnc[nH]1. The van der Waals surface area contributed by atoms with Crippen LogP contribution in [0, 0.1) is 5.82 Å². The minimum absolute atomic E-state index is 0.126. The van der Waals surface area contributed by atoms with Crippen LogP contribution in [0.25, 0.3) is 0 Å². The third-order valence-corrected chi connectivity index (χ3v) is 2.43. The Morgan fingerprint density at radius 1 is 1.50 bits per heavy atom. The highest BCUT2D eigenvalue weighted by Gasteiger charge is 2.14. The summed E-state index contributed by atoms with van der Waals surface area (Å²) < 4.78 is 13.4. The van der Waals surface area contributed by atoms with Crippen LogP contribution < -0.4 is 5.73 Å². The van der Waals surface area contributed by atoms with Crippen molar-refractivity contribution in [2.75, 3.05) is 5.73 Å². The fourth-order valence-corrected chi connectivity index (χ4v) is 1.54. The van der Waals surface area contributed by atoms with Crippen LogP contribution in [0.15, 0.2) is 30.7 Å². The lowest BCUT2D eigenvalue weighted by Crippen LogP contribution is -2.06. The smallest absolute Gasteiger partial charge is 0.128 e. The molecule has 1 aromatic carbocycles. The summed E-state index contributed by atoms with van der Waals surface area (Å²) in [5, 5.41) is 9.82. The number of rotatable bonds is 3. The van der Waals surface area contributed by atoms with Gasteiger partial charge in [0.15, 0.2) is 0 Å². The van der Waals surface area contributed by atoms with Gasteiger partial charge in [0.25, 0.3) is 0 Å². The van der Waals surface area contributed by atoms with E-state index in [0.29, 0.717) is 16.9 Å². The molecule has 0 amide bonds. The van der Waals surface area contributed by atoms with Gasteiger partial charge in [0.2, 0.25) is 0 Å². The number of aliphatic hydroxyl groups is 1. The van der Waals surface area contributed by atoms with Crippen molar-refractivity contribution < 1.29 is 9.50 Å². The molecule has 0 saturated carbocycles. The van der Waals surface area contributed by atoms with Gasteiger partial charge < -0.3 is 15.8 Å². The highest BCUT2D eigenvalue weighted by Crippen LogP contribution is 2.22. The van der Waals surface area contributed by atoms with Crippen LogP contribution in [-0.2, 0) is 6.42 Å². The number of nitrogens with two attached hydrogens (primary N) is 1. The van der Waals surface area contributed by atoms with E-state index in [1.54, 1.807) is 6.07 Å². The number of aromatic amines is 1. The van der Waals surface area contributed by atoms with Gasteiger partial charge >= 0.3 is 0 Å². The van der Waals surface area contributed by atoms with Gasteiger partial charge in [-0.05, 0) is 12.1 Å². The zero-order valence-corrected chi connectivity index (χ0v) is 8.52. The summed E-state index contributed by atoms with van der Waals surface area (Å²) in [4.78, 5) is 6.56. The predicted octanol–water partition coefficient (Wildman–Crippen LogP) is 1.41. The molecular weight excluding hydrogens is 209 g/mol. The summed E-state index contributed by atoms with van der Waals surface area (Å²) in [6.45, 7) is 0. The monoisotopic (exact) mass is 221 g/mol. The standard InChI is InChI=1S/C11H12FN3O/c12-8-2-1-3-9(13)7(8)4-11(16)10-5-14-6-15-10/h1-3,5-6,11,16H,4,13H2,(H,14,15). The molecule has 0 bridgehead atoms. The molecule has 1 aromatic heterocycles. The number of halogens is 1. The molecule has 84 valence electrons. The summed E-state index contributed by atoms with van der Waals surface area (Å²) in [7, 11) is 0. The molecule has 0 spiro atoms. The van der Waals surface area contributed by atoms with Crippen molar-refractivity contribution in [3.8, 4) is 0 Å². The van der Waals surface area contributed by atoms with Crippen LogP contribution in [0.1, 0.15) is 17.4 Å². The summed E-state index contributed by atoms with van der Waals surface area (Å²) in [5.41, 5.74) is 6.86. The number of H-pyrrole nitrogens is 1. The van der Waals surface area contributed by atoms with E-state index in [9.17, 15) is 9.50 Å². The zero-order chi connectivity index (χ0) is 11.5. The van der Waals surface area contributed by atoms with Gasteiger partial charge in [-0.15, -0.1) is 0 Å². The lowest BCUT2D eigenvalue weighted by molar-refractivity contribution is 0.173. The summed E-state index contributed by atoms with van der Waals surface area (Å²) in [6, 6.07) is 4.47. The van der Waals surface area contributed by atoms with Crippen molar-refractivity contribution in [1.82, 2.24) is 9.97 Å². The van der Waals surface area contributed by atoms with E-state index in [1.807, 2.05) is 0 Å². The Balaban J connectivity index is 2.21. The molecule has 4 N–H and O–H groups in total. The van der Waals surface area contributed by atoms with E-state index in [2.05, 4.69) is 9.97 Å². The Bertz CT molecular complexity index is 450. The minimum atomic E-state index is -0.832. The van der Waals surface area contributed by atoms with Crippen molar-refractivity contribution in [2.24, 2.45) is 0 Å². The third-order valence-electron chi connectivity index (χ3n) is 2.43. The van der Waals surface area contributed by atoms with E-state index >= 15 is 0 Å². The number of anilines is 1. The van der Waals surface area contributed by atoms with Gasteiger partial charge in [0, 0.05) is 17.7 Å². The number of aliphatic hydroxyl groups excluding tert-OH is 1. The molecule has 0 aliphatic carbocycles. The van der Waals surface area contributed by atoms with Crippen LogP contribution in [0.4, 0.5) is 10.1 Å². The molecule has 2 rings (SSSR count). The second-order valence-corrected chi connectivity index (χ2v) is 3.53. The second-order valence-electron chi connectivity index (χ2n) is 3.53. The number of nitrogens with one attached hydrogen (secondary N) is 1. The van der Waals surface area contributed by atoms with Gasteiger partial charge in [-0.25, -0.2) is 9.37 Å². The number of hydrogen-bond acceptors (Lipinski definition) is 3. The van der Waals surface area contributed by atoms with Crippen LogP contribution >= 0.6 is 0 Å². The van der Waals surface area contributed by atoms with E-state index in [-0.39, 0.29) is 6.42 Å². The van der Waals surface area contributed by atoms with Crippen LogP contribution in [0.2, 0.25) is 0 Å². The fourth-order valence-electron chi connectivity index (χ4n) is 1.54. The van der Waals surface area contributed by atoms with E-state index in [0.717, 1.165) is 0 Å². The Labute approximate surface area is 91.9 Å². The van der Waals surface area contributed by atoms with Crippen LogP contribution in [-0.4, -0.2) is 15.1 Å². The van der Waals surface area contributed by atoms with E-state index in [4.69, 9.17) is 5.73 Å². The average molecular weight is 221 g/mol. The van der Waals surface area contributed by atoms with Crippen molar-refractivity contribution in [3.63, 3.8) is 0 Å². The van der Waals surface area contributed by atoms with Gasteiger partial charge in [0.1, 0.15) is 5.82 Å². The maximum atomic E-state index is 13.4. The lowest BCUT2D eigenvalue weighted by atomic mass is 10.0. The molecule has 0 saturated heterocycles. The molecule has 1 heterocycles. The van der Waals surface area contributed by atoms with E-state index < -0.39 is 11.9 Å². The largest absolute Gasteiger partial charge is 0.398 e. The average Bonchev–Trinajstić information content (AvgIpc) is 2.76. The van der Waals surface area contributed by atoms with Crippen molar-refractivity contribution in [1.29, 1.82) is 0 Å². The summed E-state index contributed by atoms with van der Waals surface area (Å²) in [6.07, 6.45) is 2.26. The molecule has 4 nitrogen and oxygen atoms in total. The Kier molecular flexibility index (Phi) is 2.87.